The Bertz CT molecular complexity index is 280. The van der Waals surface area contributed by atoms with Crippen LogP contribution in [0.2, 0.25) is 0 Å². The lowest BCUT2D eigenvalue weighted by molar-refractivity contribution is -0.118. The van der Waals surface area contributed by atoms with Gasteiger partial charge in [0, 0.05) is 26.2 Å². The van der Waals surface area contributed by atoms with Crippen LogP contribution >= 0.6 is 0 Å². The molecular weight excluding hydrogens is 182 g/mol. The minimum absolute atomic E-state index is 0.199. The molecule has 0 unspecified atom stereocenters. The molecule has 2 heterocycles. The lowest BCUT2D eigenvalue weighted by Crippen LogP contribution is -2.36. The molecule has 0 radical (unpaired) electrons. The smallest absolute Gasteiger partial charge is 0.314 e. The van der Waals surface area contributed by atoms with Gasteiger partial charge in [-0.25, -0.2) is 4.79 Å². The monoisotopic (exact) mass is 195 g/mol. The molecule has 2 aliphatic rings. The van der Waals surface area contributed by atoms with Crippen LogP contribution in [0, 0.1) is 0 Å². The van der Waals surface area contributed by atoms with Crippen LogP contribution in [-0.4, -0.2) is 54.5 Å². The van der Waals surface area contributed by atoms with Crippen molar-refractivity contribution in [1.82, 2.24) is 15.1 Å². The number of nitrogens with zero attached hydrogens (tertiary/aromatic N) is 2. The molecule has 0 aromatic heterocycles. The number of rotatable bonds is 3. The fourth-order valence-electron chi connectivity index (χ4n) is 1.63. The Hall–Kier alpha value is -1.36. The number of carbonyl (C=O) groups excluding carboxylic acids is 2. The zero-order valence-electron chi connectivity index (χ0n) is 7.90. The molecule has 0 spiro atoms. The van der Waals surface area contributed by atoms with E-state index in [2.05, 4.69) is 22.4 Å². The second kappa shape index (κ2) is 3.79. The largest absolute Gasteiger partial charge is 0.324 e. The van der Waals surface area contributed by atoms with E-state index in [4.69, 9.17) is 0 Å². The Morgan fingerprint density at radius 2 is 1.93 bits per heavy atom. The summed E-state index contributed by atoms with van der Waals surface area (Å²) in [5, 5.41) is 2.26. The standard InChI is InChI=1S/C9H13N3O2/c13-8-7-12(9(14)10-8)6-5-11-3-1-2-4-11/h1-2H,3-7H2,(H,10,13,14). The van der Waals surface area contributed by atoms with Gasteiger partial charge in [0.1, 0.15) is 6.54 Å². The highest BCUT2D eigenvalue weighted by Crippen LogP contribution is 2.01. The highest BCUT2D eigenvalue weighted by Gasteiger charge is 2.26. The Kier molecular flexibility index (Phi) is 2.49. The molecule has 0 aromatic rings. The fourth-order valence-corrected chi connectivity index (χ4v) is 1.63. The molecule has 0 bridgehead atoms. The van der Waals surface area contributed by atoms with Crippen molar-refractivity contribution >= 4 is 11.9 Å². The van der Waals surface area contributed by atoms with E-state index in [0.29, 0.717) is 6.54 Å². The predicted octanol–water partition coefficient (Wildman–Crippen LogP) is -0.590. The molecule has 1 saturated heterocycles. The molecule has 0 saturated carbocycles. The van der Waals surface area contributed by atoms with Gasteiger partial charge in [-0.15, -0.1) is 0 Å². The molecule has 3 amide bonds. The van der Waals surface area contributed by atoms with E-state index in [9.17, 15) is 9.59 Å². The van der Waals surface area contributed by atoms with Crippen LogP contribution in [0.5, 0.6) is 0 Å². The molecule has 0 aromatic carbocycles. The zero-order chi connectivity index (χ0) is 9.97. The van der Waals surface area contributed by atoms with Gasteiger partial charge in [0.25, 0.3) is 0 Å². The Labute approximate surface area is 82.4 Å². The molecule has 5 heteroatoms. The predicted molar refractivity (Wildman–Crippen MR) is 50.7 cm³/mol. The molecule has 2 aliphatic heterocycles. The van der Waals surface area contributed by atoms with Crippen molar-refractivity contribution in [3.05, 3.63) is 12.2 Å². The molecule has 5 nitrogen and oxygen atoms in total. The maximum absolute atomic E-state index is 11.1. The summed E-state index contributed by atoms with van der Waals surface area (Å²) in [5.41, 5.74) is 0. The number of hydrogen-bond donors (Lipinski definition) is 1. The average Bonchev–Trinajstić information content (AvgIpc) is 2.72. The van der Waals surface area contributed by atoms with Crippen molar-refractivity contribution < 1.29 is 9.59 Å². The van der Waals surface area contributed by atoms with Crippen LogP contribution in [-0.2, 0) is 4.79 Å². The Morgan fingerprint density at radius 3 is 2.50 bits per heavy atom. The van der Waals surface area contributed by atoms with Crippen LogP contribution in [0.25, 0.3) is 0 Å². The van der Waals surface area contributed by atoms with E-state index >= 15 is 0 Å². The Morgan fingerprint density at radius 1 is 1.21 bits per heavy atom. The number of nitrogens with one attached hydrogen (secondary N) is 1. The normalized spacial score (nSPS) is 22.1. The summed E-state index contributed by atoms with van der Waals surface area (Å²) in [6, 6.07) is -0.262. The van der Waals surface area contributed by atoms with Gasteiger partial charge < -0.3 is 4.90 Å². The minimum Gasteiger partial charge on any atom is -0.314 e. The summed E-state index contributed by atoms with van der Waals surface area (Å²) in [7, 11) is 0. The summed E-state index contributed by atoms with van der Waals surface area (Å²) in [6.45, 7) is 3.56. The van der Waals surface area contributed by atoms with Crippen LogP contribution in [0.4, 0.5) is 4.79 Å². The highest BCUT2D eigenvalue weighted by atomic mass is 16.2. The van der Waals surface area contributed by atoms with Crippen molar-refractivity contribution in [2.75, 3.05) is 32.7 Å². The number of hydrogen-bond acceptors (Lipinski definition) is 3. The second-order valence-corrected chi connectivity index (χ2v) is 3.51. The van der Waals surface area contributed by atoms with E-state index in [0.717, 1.165) is 19.6 Å². The van der Waals surface area contributed by atoms with E-state index in [-0.39, 0.29) is 18.5 Å². The average molecular weight is 195 g/mol. The molecule has 2 rings (SSSR count). The maximum Gasteiger partial charge on any atom is 0.324 e. The van der Waals surface area contributed by atoms with Crippen LogP contribution in [0.15, 0.2) is 12.2 Å². The van der Waals surface area contributed by atoms with Crippen molar-refractivity contribution in [2.45, 2.75) is 0 Å². The summed E-state index contributed by atoms with van der Waals surface area (Å²) < 4.78 is 0. The SMILES string of the molecule is O=C1CN(CCN2CC=CC2)C(=O)N1. The van der Waals surface area contributed by atoms with Crippen LogP contribution in [0.1, 0.15) is 0 Å². The first-order valence-corrected chi connectivity index (χ1v) is 4.72. The van der Waals surface area contributed by atoms with Gasteiger partial charge in [0.15, 0.2) is 0 Å². The summed E-state index contributed by atoms with van der Waals surface area (Å²) in [4.78, 5) is 25.8. The molecule has 1 fully saturated rings. The Balaban J connectivity index is 1.75. The first kappa shape index (κ1) is 9.21. The first-order valence-electron chi connectivity index (χ1n) is 4.72. The van der Waals surface area contributed by atoms with E-state index in [1.54, 1.807) is 4.90 Å². The third kappa shape index (κ3) is 1.93. The van der Waals surface area contributed by atoms with Gasteiger partial charge in [0.2, 0.25) is 5.91 Å². The van der Waals surface area contributed by atoms with Gasteiger partial charge in [-0.3, -0.25) is 15.0 Å². The molecular formula is C9H13N3O2. The summed E-state index contributed by atoms with van der Waals surface area (Å²) in [5.74, 6) is -0.199. The fraction of sp³-hybridized carbons (Fsp3) is 0.556. The molecule has 0 atom stereocenters. The van der Waals surface area contributed by atoms with Gasteiger partial charge in [-0.1, -0.05) is 12.2 Å². The first-order chi connectivity index (χ1) is 6.75. The van der Waals surface area contributed by atoms with E-state index < -0.39 is 0 Å². The van der Waals surface area contributed by atoms with E-state index in [1.807, 2.05) is 0 Å². The lowest BCUT2D eigenvalue weighted by atomic mass is 10.4. The second-order valence-electron chi connectivity index (χ2n) is 3.51. The lowest BCUT2D eigenvalue weighted by Gasteiger charge is -2.19. The van der Waals surface area contributed by atoms with Crippen LogP contribution < -0.4 is 5.32 Å². The summed E-state index contributed by atoms with van der Waals surface area (Å²) >= 11 is 0. The van der Waals surface area contributed by atoms with Crippen molar-refractivity contribution in [2.24, 2.45) is 0 Å². The highest BCUT2D eigenvalue weighted by molar-refractivity contribution is 6.01. The number of amides is 3. The van der Waals surface area contributed by atoms with E-state index in [1.165, 1.54) is 0 Å². The van der Waals surface area contributed by atoms with Crippen molar-refractivity contribution in [3.8, 4) is 0 Å². The zero-order valence-corrected chi connectivity index (χ0v) is 7.90. The molecule has 0 aliphatic carbocycles. The number of urea groups is 1. The molecule has 1 N–H and O–H groups in total. The summed E-state index contributed by atoms with van der Waals surface area (Å²) in [6.07, 6.45) is 4.21. The minimum atomic E-state index is -0.262. The maximum atomic E-state index is 11.1. The number of carbonyl (C=O) groups is 2. The topological polar surface area (TPSA) is 52.7 Å². The third-order valence-electron chi connectivity index (χ3n) is 2.45. The van der Waals surface area contributed by atoms with Crippen molar-refractivity contribution in [3.63, 3.8) is 0 Å². The van der Waals surface area contributed by atoms with Gasteiger partial charge in [0.05, 0.1) is 0 Å². The van der Waals surface area contributed by atoms with Gasteiger partial charge in [-0.2, -0.15) is 0 Å². The van der Waals surface area contributed by atoms with Gasteiger partial charge >= 0.3 is 6.03 Å². The molecule has 76 valence electrons. The molecule has 14 heavy (non-hydrogen) atoms. The number of imide groups is 1. The quantitative estimate of drug-likeness (QED) is 0.484. The van der Waals surface area contributed by atoms with Crippen LogP contribution in [0.3, 0.4) is 0 Å². The van der Waals surface area contributed by atoms with Crippen molar-refractivity contribution in [1.29, 1.82) is 0 Å². The third-order valence-corrected chi connectivity index (χ3v) is 2.45. The van der Waals surface area contributed by atoms with Gasteiger partial charge in [-0.05, 0) is 0 Å².